The Labute approximate surface area is 759 Å². The summed E-state index contributed by atoms with van der Waals surface area (Å²) in [4.78, 5) is 3.81. The summed E-state index contributed by atoms with van der Waals surface area (Å²) < 4.78 is 14.6. The second kappa shape index (κ2) is 31.1. The number of fused-ring (bicyclic) bond motifs is 18. The first-order valence-corrected chi connectivity index (χ1v) is 44.5. The Balaban J connectivity index is 0.000000142. The highest BCUT2D eigenvalue weighted by atomic mass is 15.0. The van der Waals surface area contributed by atoms with E-state index in [-0.39, 0.29) is 0 Å². The van der Waals surface area contributed by atoms with Crippen molar-refractivity contribution in [2.24, 2.45) is 0 Å². The maximum atomic E-state index is 10.1. The van der Waals surface area contributed by atoms with Gasteiger partial charge in [-0.1, -0.05) is 334 Å². The standard InChI is InChI=1S/C62H37N5.C61H38N4/c1-64-50-25-14-17-42(39-63)60(50)40-35-37-41(38-36-40)61-48(24-15-32-57(61)65-51-26-8-2-18-43(51)44-19-3-9-27-52(44)65)47-22-6-12-30-55(47)67-56-31-13-7-23-49(56)62-58(33-16-34-59(62)67)66-53-28-10-4-20-45(53)46-21-5-11-29-54(46)66;62-39-42-17-1-2-18-43(42)40-35-37-41(38-36-40)60-49(25-15-32-57(60)63-51-26-9-3-19-44(51)45-20-4-10-27-52(45)63)48-23-7-13-30-55(48)65-56-31-14-8-24-50(56)61-58(33-16-34-59(61)65)64-53-28-11-5-21-46(53)47-22-6-12-29-54(47)64/h2-38H;1-38H. The molecular formula is C123H75N9. The molecule has 0 N–H and O–H groups in total. The molecule has 0 aliphatic heterocycles. The lowest BCUT2D eigenvalue weighted by molar-refractivity contribution is 1.16. The van der Waals surface area contributed by atoms with Crippen molar-refractivity contribution in [3.63, 3.8) is 0 Å². The monoisotopic (exact) mass is 1680 g/mol. The largest absolute Gasteiger partial charge is 0.309 e. The number of para-hydroxylation sites is 12. The maximum absolute atomic E-state index is 10.1. The summed E-state index contributed by atoms with van der Waals surface area (Å²) in [6, 6.07) is 167. The predicted molar refractivity (Wildman–Crippen MR) is 547 cm³/mol. The molecule has 9 heteroatoms. The lowest BCUT2D eigenvalue weighted by Gasteiger charge is -2.21. The summed E-state index contributed by atoms with van der Waals surface area (Å²) in [6.07, 6.45) is 0. The number of nitrogens with zero attached hydrogens (tertiary/aromatic N) is 9. The van der Waals surface area contributed by atoms with Crippen LogP contribution in [-0.2, 0) is 0 Å². The number of hydrogen-bond donors (Lipinski definition) is 0. The molecule has 26 rings (SSSR count). The Hall–Kier alpha value is -18.3. The number of rotatable bonds is 12. The fraction of sp³-hybridized carbons (Fsp3) is 0. The van der Waals surface area contributed by atoms with Crippen molar-refractivity contribution in [1.82, 2.24) is 27.4 Å². The first-order valence-electron chi connectivity index (χ1n) is 44.5. The van der Waals surface area contributed by atoms with Gasteiger partial charge in [0.15, 0.2) is 5.69 Å². The Morgan fingerprint density at radius 3 is 0.750 bits per heavy atom. The van der Waals surface area contributed by atoms with E-state index in [0.717, 1.165) is 139 Å². The van der Waals surface area contributed by atoms with Crippen LogP contribution in [0.4, 0.5) is 5.69 Å². The molecule has 9 nitrogen and oxygen atoms in total. The van der Waals surface area contributed by atoms with E-state index in [1.807, 2.05) is 24.3 Å². The summed E-state index contributed by atoms with van der Waals surface area (Å²) in [7, 11) is 0. The van der Waals surface area contributed by atoms with E-state index in [1.165, 1.54) is 86.7 Å². The average Bonchev–Trinajstić information content (AvgIpc) is 1.56. The first kappa shape index (κ1) is 76.1. The van der Waals surface area contributed by atoms with Crippen molar-refractivity contribution in [2.75, 3.05) is 0 Å². The highest BCUT2D eigenvalue weighted by molar-refractivity contribution is 6.20. The Morgan fingerprint density at radius 1 is 0.174 bits per heavy atom. The second-order valence-electron chi connectivity index (χ2n) is 33.7. The fourth-order valence-corrected chi connectivity index (χ4v) is 21.4. The van der Waals surface area contributed by atoms with Crippen LogP contribution in [-0.4, -0.2) is 27.4 Å². The van der Waals surface area contributed by atoms with Gasteiger partial charge >= 0.3 is 0 Å². The van der Waals surface area contributed by atoms with Gasteiger partial charge in [-0.15, -0.1) is 0 Å². The molecule has 0 bridgehead atoms. The number of aromatic nitrogens is 6. The SMILES string of the molecule is N#Cc1ccccc1-c1ccc(-c2c(-c3ccccc3-n3c4ccccc4c4c(-n5c6ccccc6c6ccccc65)cccc43)cccc2-n2c3ccccc3c3ccccc32)cc1.[C-]#[N+]c1cccc(C#N)c1-c1ccc(-c2c(-c3ccccc3-n3c4ccccc4c4c(-n5c6ccccc6c6ccccc65)cccc43)cccc2-n2c3ccccc3c3ccccc32)cc1. The number of nitriles is 2. The summed E-state index contributed by atoms with van der Waals surface area (Å²) in [5.41, 5.74) is 34.1. The van der Waals surface area contributed by atoms with Gasteiger partial charge < -0.3 is 27.4 Å². The van der Waals surface area contributed by atoms with Crippen LogP contribution in [0.5, 0.6) is 0 Å². The smallest absolute Gasteiger partial charge is 0.196 e. The van der Waals surface area contributed by atoms with Gasteiger partial charge in [0.1, 0.15) is 0 Å². The molecule has 26 aromatic rings. The number of benzene rings is 20. The highest BCUT2D eigenvalue weighted by Crippen LogP contribution is 2.51. The van der Waals surface area contributed by atoms with Gasteiger partial charge in [0.05, 0.1) is 125 Å². The van der Waals surface area contributed by atoms with Crippen LogP contribution in [0, 0.1) is 29.2 Å². The van der Waals surface area contributed by atoms with Gasteiger partial charge in [0, 0.05) is 98.0 Å². The van der Waals surface area contributed by atoms with Crippen LogP contribution in [0.15, 0.2) is 455 Å². The molecule has 612 valence electrons. The van der Waals surface area contributed by atoms with Gasteiger partial charge in [0.25, 0.3) is 0 Å². The van der Waals surface area contributed by atoms with Crippen molar-refractivity contribution in [2.45, 2.75) is 0 Å². The normalized spacial score (nSPS) is 11.6. The summed E-state index contributed by atoms with van der Waals surface area (Å²) in [5, 5.41) is 34.7. The third-order valence-electron chi connectivity index (χ3n) is 26.9. The molecule has 0 radical (unpaired) electrons. The minimum absolute atomic E-state index is 0.458. The molecule has 6 heterocycles. The van der Waals surface area contributed by atoms with E-state index in [1.54, 1.807) is 18.2 Å². The van der Waals surface area contributed by atoms with E-state index >= 15 is 0 Å². The van der Waals surface area contributed by atoms with Gasteiger partial charge in [-0.25, -0.2) is 4.85 Å². The van der Waals surface area contributed by atoms with Crippen LogP contribution >= 0.6 is 0 Å². The topological polar surface area (TPSA) is 81.5 Å². The van der Waals surface area contributed by atoms with Crippen molar-refractivity contribution in [3.8, 4) is 113 Å². The zero-order valence-corrected chi connectivity index (χ0v) is 71.3. The second-order valence-corrected chi connectivity index (χ2v) is 33.7. The molecule has 0 spiro atoms. The van der Waals surface area contributed by atoms with E-state index in [9.17, 15) is 10.5 Å². The lowest BCUT2D eigenvalue weighted by Crippen LogP contribution is -2.02. The molecule has 6 aromatic heterocycles. The summed E-state index contributed by atoms with van der Waals surface area (Å²) in [6.45, 7) is 7.95. The highest BCUT2D eigenvalue weighted by Gasteiger charge is 2.29. The molecule has 132 heavy (non-hydrogen) atoms. The van der Waals surface area contributed by atoms with Crippen LogP contribution in [0.2, 0.25) is 0 Å². The average molecular weight is 1680 g/mol. The molecule has 0 aliphatic carbocycles. The molecule has 0 atom stereocenters. The molecule has 0 amide bonds. The van der Waals surface area contributed by atoms with Gasteiger partial charge in [-0.05, 0) is 160 Å². The maximum Gasteiger partial charge on any atom is 0.196 e. The molecule has 20 aromatic carbocycles. The molecular weight excluding hydrogens is 1600 g/mol. The Kier molecular flexibility index (Phi) is 17.9. The van der Waals surface area contributed by atoms with Gasteiger partial charge in [-0.2, -0.15) is 10.5 Å². The van der Waals surface area contributed by atoms with Gasteiger partial charge in [-0.3, -0.25) is 0 Å². The van der Waals surface area contributed by atoms with E-state index < -0.39 is 0 Å². The zero-order chi connectivity index (χ0) is 87.6. The Morgan fingerprint density at radius 2 is 0.402 bits per heavy atom. The molecule has 0 fully saturated rings. The van der Waals surface area contributed by atoms with Crippen molar-refractivity contribution in [3.05, 3.63) is 478 Å². The van der Waals surface area contributed by atoms with Gasteiger partial charge in [0.2, 0.25) is 0 Å². The van der Waals surface area contributed by atoms with E-state index in [2.05, 4.69) is 457 Å². The van der Waals surface area contributed by atoms with Crippen LogP contribution in [0.3, 0.4) is 0 Å². The molecule has 0 unspecified atom stereocenters. The Bertz CT molecular complexity index is 9160. The minimum Gasteiger partial charge on any atom is -0.309 e. The molecule has 0 saturated carbocycles. The zero-order valence-electron chi connectivity index (χ0n) is 71.3. The third-order valence-corrected chi connectivity index (χ3v) is 26.9. The fourth-order valence-electron chi connectivity index (χ4n) is 21.4. The first-order chi connectivity index (χ1) is 65.5. The van der Waals surface area contributed by atoms with E-state index in [4.69, 9.17) is 6.57 Å². The summed E-state index contributed by atoms with van der Waals surface area (Å²) >= 11 is 0. The van der Waals surface area contributed by atoms with Crippen LogP contribution in [0.1, 0.15) is 11.1 Å². The van der Waals surface area contributed by atoms with Crippen molar-refractivity contribution in [1.29, 1.82) is 10.5 Å². The summed E-state index contributed by atoms with van der Waals surface area (Å²) in [5.74, 6) is 0. The predicted octanol–water partition coefficient (Wildman–Crippen LogP) is 32.3. The van der Waals surface area contributed by atoms with Crippen LogP contribution in [0.25, 0.3) is 237 Å². The van der Waals surface area contributed by atoms with Crippen molar-refractivity contribution < 1.29 is 0 Å². The van der Waals surface area contributed by atoms with Crippen LogP contribution < -0.4 is 0 Å². The lowest BCUT2D eigenvalue weighted by atomic mass is 9.90. The molecule has 0 saturated heterocycles. The third kappa shape index (κ3) is 11.8. The van der Waals surface area contributed by atoms with E-state index in [0.29, 0.717) is 22.4 Å². The van der Waals surface area contributed by atoms with Crippen molar-refractivity contribution >= 4 is 137 Å². The quantitative estimate of drug-likeness (QED) is 0.114. The number of hydrogen-bond acceptors (Lipinski definition) is 2. The molecule has 0 aliphatic rings. The minimum atomic E-state index is 0.458.